The van der Waals surface area contributed by atoms with Crippen LogP contribution in [0.3, 0.4) is 0 Å². The van der Waals surface area contributed by atoms with E-state index in [4.69, 9.17) is 14.1 Å². The Balaban J connectivity index is 0.00000457. The Morgan fingerprint density at radius 3 is 2.03 bits per heavy atom. The minimum Gasteiger partial charge on any atom is -0.510 e. The molecule has 5 aromatic heterocycles. The molecule has 5 heterocycles. The second kappa shape index (κ2) is 15.8. The fourth-order valence-electron chi connectivity index (χ4n) is 9.98. The third-order valence-electron chi connectivity index (χ3n) is 13.0. The topological polar surface area (TPSA) is 53.9 Å². The zero-order valence-corrected chi connectivity index (χ0v) is 38.3. The molecule has 8 heteroatoms. The number of furan rings is 1. The van der Waals surface area contributed by atoms with Gasteiger partial charge in [-0.05, 0) is 65.2 Å². The van der Waals surface area contributed by atoms with E-state index in [-0.39, 0.29) is 21.1 Å². The summed E-state index contributed by atoms with van der Waals surface area (Å²) in [6.07, 6.45) is 5.60. The molecule has 0 saturated heterocycles. The van der Waals surface area contributed by atoms with Gasteiger partial charge in [-0.1, -0.05) is 133 Å². The van der Waals surface area contributed by atoms with Crippen molar-refractivity contribution in [2.24, 2.45) is 0 Å². The number of nitrogens with zero attached hydrogens (tertiary/aromatic N) is 5. The molecule has 7 nitrogen and oxygen atoms in total. The van der Waals surface area contributed by atoms with Gasteiger partial charge in [0.05, 0.1) is 39.6 Å². The third-order valence-corrected chi connectivity index (χ3v) is 13.0. The van der Waals surface area contributed by atoms with Gasteiger partial charge < -0.3 is 22.9 Å². The fourth-order valence-corrected chi connectivity index (χ4v) is 9.98. The van der Waals surface area contributed by atoms with Gasteiger partial charge in [0.15, 0.2) is 0 Å². The zero-order chi connectivity index (χ0) is 44.0. The normalized spacial score (nSPS) is 11.7. The number of pyridine rings is 1. The molecule has 14 aromatic rings. The minimum absolute atomic E-state index is 0. The molecule has 0 amide bonds. The summed E-state index contributed by atoms with van der Waals surface area (Å²) in [4.78, 5) is 5.19. The van der Waals surface area contributed by atoms with Crippen molar-refractivity contribution in [2.45, 2.75) is 0 Å². The molecular weight excluding hydrogens is 1020 g/mol. The smallest absolute Gasteiger partial charge is 0.268 e. The Kier molecular flexibility index (Phi) is 9.27. The fraction of sp³-hybridized carbons (Fsp3) is 0. The molecular formula is C60H35N5O2Pt-2. The molecule has 0 aliphatic heterocycles. The van der Waals surface area contributed by atoms with Crippen molar-refractivity contribution in [2.75, 3.05) is 0 Å². The Morgan fingerprint density at radius 2 is 1.19 bits per heavy atom. The minimum atomic E-state index is 0. The van der Waals surface area contributed by atoms with Crippen LogP contribution in [0.4, 0.5) is 0 Å². The summed E-state index contributed by atoms with van der Waals surface area (Å²) in [5, 5.41) is 6.71. The number of aromatic nitrogens is 5. The van der Waals surface area contributed by atoms with Gasteiger partial charge in [-0.3, -0.25) is 4.57 Å². The molecule has 0 atom stereocenters. The van der Waals surface area contributed by atoms with Crippen LogP contribution in [0.1, 0.15) is 0 Å². The molecule has 68 heavy (non-hydrogen) atoms. The van der Waals surface area contributed by atoms with Crippen LogP contribution in [0.15, 0.2) is 217 Å². The largest absolute Gasteiger partial charge is 0.510 e. The molecule has 0 fully saturated rings. The predicted octanol–water partition coefficient (Wildman–Crippen LogP) is 14.3. The van der Waals surface area contributed by atoms with Crippen LogP contribution < -0.4 is 9.30 Å². The van der Waals surface area contributed by atoms with Crippen LogP contribution in [-0.4, -0.2) is 18.7 Å². The van der Waals surface area contributed by atoms with Crippen molar-refractivity contribution in [3.8, 4) is 45.5 Å². The van der Waals surface area contributed by atoms with Crippen LogP contribution in [0.5, 0.6) is 11.5 Å². The first-order valence-electron chi connectivity index (χ1n) is 22.3. The maximum Gasteiger partial charge on any atom is 0.268 e. The van der Waals surface area contributed by atoms with E-state index in [1.54, 1.807) is 0 Å². The number of rotatable bonds is 7. The standard InChI is InChI=1S/C60H35N5O2.Pt/c1-2-14-39(15-3-1)45-21-13-22-50-47-19-5-7-23-52(47)64(60(45)50)42-29-33-59(61-37-42)65-53-24-8-4-18-46(53)48-31-30-44(36-56(48)65)66-43-17-12-16-40(34-43)62-38-63(55-26-10-9-25-54(55)62)41-28-32-58-51(35-41)49-20-6-11-27-57(49)67-58;/h1-33,35,37H;/q-2;. The van der Waals surface area contributed by atoms with Gasteiger partial charge >= 0.3 is 0 Å². The second-order valence-electron chi connectivity index (χ2n) is 16.8. The van der Waals surface area contributed by atoms with E-state index < -0.39 is 0 Å². The molecule has 0 bridgehead atoms. The maximum absolute atomic E-state index is 6.62. The molecule has 0 aliphatic carbocycles. The first-order chi connectivity index (χ1) is 33.2. The number of hydrogen-bond donors (Lipinski definition) is 0. The van der Waals surface area contributed by atoms with E-state index >= 15 is 0 Å². The van der Waals surface area contributed by atoms with Gasteiger partial charge in [0.2, 0.25) is 0 Å². The molecule has 324 valence electrons. The number of fused-ring (bicyclic) bond motifs is 10. The van der Waals surface area contributed by atoms with E-state index in [1.165, 1.54) is 21.9 Å². The summed E-state index contributed by atoms with van der Waals surface area (Å²) in [5.41, 5.74) is 13.0. The Labute approximate surface area is 404 Å². The van der Waals surface area contributed by atoms with Gasteiger partial charge in [-0.2, -0.15) is 18.2 Å². The average molecular weight is 1050 g/mol. The average Bonchev–Trinajstić information content (AvgIpc) is 4.15. The zero-order valence-electron chi connectivity index (χ0n) is 36.1. The third kappa shape index (κ3) is 6.24. The first-order valence-corrected chi connectivity index (χ1v) is 22.3. The Hall–Kier alpha value is -8.51. The quantitative estimate of drug-likeness (QED) is 0.118. The van der Waals surface area contributed by atoms with Gasteiger partial charge in [0.1, 0.15) is 17.0 Å². The van der Waals surface area contributed by atoms with Crippen molar-refractivity contribution in [1.82, 2.24) is 18.7 Å². The number of ether oxygens (including phenoxy) is 1. The van der Waals surface area contributed by atoms with Crippen molar-refractivity contribution < 1.29 is 34.8 Å². The molecule has 0 spiro atoms. The molecule has 0 saturated carbocycles. The maximum atomic E-state index is 6.62. The molecule has 14 rings (SSSR count). The van der Waals surface area contributed by atoms with Gasteiger partial charge in [0, 0.05) is 65.2 Å². The summed E-state index contributed by atoms with van der Waals surface area (Å²) < 4.78 is 21.4. The van der Waals surface area contributed by atoms with Gasteiger partial charge in [0.25, 0.3) is 6.33 Å². The Morgan fingerprint density at radius 1 is 0.500 bits per heavy atom. The van der Waals surface area contributed by atoms with Gasteiger partial charge in [-0.25, -0.2) is 4.98 Å². The summed E-state index contributed by atoms with van der Waals surface area (Å²) in [5.74, 6) is 1.91. The summed E-state index contributed by atoms with van der Waals surface area (Å²) in [6.45, 7) is 0. The van der Waals surface area contributed by atoms with Crippen LogP contribution in [0, 0.1) is 18.5 Å². The number of benzene rings is 9. The van der Waals surface area contributed by atoms with Crippen LogP contribution in [-0.2, 0) is 21.1 Å². The molecule has 0 N–H and O–H groups in total. The van der Waals surface area contributed by atoms with E-state index in [9.17, 15) is 0 Å². The predicted molar refractivity (Wildman–Crippen MR) is 267 cm³/mol. The first kappa shape index (κ1) is 39.8. The summed E-state index contributed by atoms with van der Waals surface area (Å²) in [6, 6.07) is 78.4. The Bertz CT molecular complexity index is 4260. The molecule has 9 aromatic carbocycles. The monoisotopic (exact) mass is 1050 g/mol. The second-order valence-corrected chi connectivity index (χ2v) is 16.8. The van der Waals surface area contributed by atoms with Crippen LogP contribution >= 0.6 is 0 Å². The summed E-state index contributed by atoms with van der Waals surface area (Å²) >= 11 is 0. The van der Waals surface area contributed by atoms with Crippen LogP contribution in [0.25, 0.3) is 111 Å². The number of hydrogen-bond acceptors (Lipinski definition) is 3. The van der Waals surface area contributed by atoms with Crippen molar-refractivity contribution >= 4 is 76.6 Å². The van der Waals surface area contributed by atoms with E-state index in [0.717, 1.165) is 88.7 Å². The SMILES string of the molecule is [Pt].[c-]1c(Oc2[c-]c3c(cc2)c2ccccc2n3-c2ccc(-n3c4ccccc4c4cccc(-c5ccccc5)c43)cn2)cccc1-n1[c-][n+](-c2ccc3oc4ccccc4c3c2)c2ccccc21. The van der Waals surface area contributed by atoms with Crippen molar-refractivity contribution in [3.05, 3.63) is 231 Å². The molecule has 0 unspecified atom stereocenters. The van der Waals surface area contributed by atoms with E-state index in [0.29, 0.717) is 11.5 Å². The van der Waals surface area contributed by atoms with E-state index in [1.807, 2.05) is 65.4 Å². The van der Waals surface area contributed by atoms with Gasteiger partial charge in [-0.15, -0.1) is 29.7 Å². The summed E-state index contributed by atoms with van der Waals surface area (Å²) in [7, 11) is 0. The molecule has 0 radical (unpaired) electrons. The van der Waals surface area contributed by atoms with Crippen LogP contribution in [0.2, 0.25) is 0 Å². The van der Waals surface area contributed by atoms with E-state index in [2.05, 4.69) is 184 Å². The number of imidazole rings is 1. The van der Waals surface area contributed by atoms with Crippen molar-refractivity contribution in [1.29, 1.82) is 0 Å². The molecule has 0 aliphatic rings. The number of para-hydroxylation sites is 6. The van der Waals surface area contributed by atoms with Crippen molar-refractivity contribution in [3.63, 3.8) is 0 Å².